The van der Waals surface area contributed by atoms with Crippen LogP contribution in [0.25, 0.3) is 0 Å². The molecule has 114 valence electrons. The summed E-state index contributed by atoms with van der Waals surface area (Å²) in [5.41, 5.74) is 0.555. The zero-order valence-corrected chi connectivity index (χ0v) is 12.6. The molecule has 0 aliphatic heterocycles. The zero-order valence-electron chi connectivity index (χ0n) is 12.6. The molecular formula is C16H21NO4. The molecule has 2 aliphatic rings. The molecule has 1 aromatic rings. The first kappa shape index (κ1) is 14.2. The average molecular weight is 291 g/mol. The van der Waals surface area contributed by atoms with Crippen molar-refractivity contribution in [1.29, 1.82) is 0 Å². The number of esters is 1. The predicted molar refractivity (Wildman–Crippen MR) is 75.8 cm³/mol. The highest BCUT2D eigenvalue weighted by molar-refractivity contribution is 5.95. The summed E-state index contributed by atoms with van der Waals surface area (Å²) < 4.78 is 10.3. The summed E-state index contributed by atoms with van der Waals surface area (Å²) in [4.78, 5) is 24.5. The van der Waals surface area contributed by atoms with Crippen molar-refractivity contribution in [3.63, 3.8) is 0 Å². The van der Waals surface area contributed by atoms with E-state index in [1.165, 1.54) is 7.11 Å². The number of hydrogen-bond acceptors (Lipinski definition) is 4. The molecule has 1 N–H and O–H groups in total. The molecule has 1 amide bonds. The van der Waals surface area contributed by atoms with Gasteiger partial charge in [0.1, 0.15) is 11.5 Å². The van der Waals surface area contributed by atoms with Crippen LogP contribution in [0.15, 0.2) is 10.5 Å². The van der Waals surface area contributed by atoms with Crippen LogP contribution < -0.4 is 5.32 Å². The van der Waals surface area contributed by atoms with Gasteiger partial charge in [0, 0.05) is 6.04 Å². The fourth-order valence-corrected chi connectivity index (χ4v) is 4.06. The summed E-state index contributed by atoms with van der Waals surface area (Å²) in [6, 6.07) is 1.63. The Morgan fingerprint density at radius 2 is 2.00 bits per heavy atom. The molecule has 0 radical (unpaired) electrons. The fraction of sp³-hybridized carbons (Fsp3) is 0.625. The largest absolute Gasteiger partial charge is 0.469 e. The zero-order chi connectivity index (χ0) is 15.1. The van der Waals surface area contributed by atoms with Gasteiger partial charge in [-0.1, -0.05) is 0 Å². The number of amides is 1. The van der Waals surface area contributed by atoms with Crippen molar-refractivity contribution in [3.8, 4) is 0 Å². The first-order valence-corrected chi connectivity index (χ1v) is 7.47. The number of furan rings is 1. The maximum absolute atomic E-state index is 12.4. The molecule has 2 saturated carbocycles. The average Bonchev–Trinajstić information content (AvgIpc) is 3.12. The van der Waals surface area contributed by atoms with E-state index in [4.69, 9.17) is 9.15 Å². The van der Waals surface area contributed by atoms with Gasteiger partial charge in [0.2, 0.25) is 0 Å². The first-order valence-electron chi connectivity index (χ1n) is 7.47. The molecule has 2 bridgehead atoms. The van der Waals surface area contributed by atoms with E-state index in [1.807, 2.05) is 6.92 Å². The Morgan fingerprint density at radius 3 is 2.62 bits per heavy atom. The molecule has 5 heteroatoms. The van der Waals surface area contributed by atoms with Gasteiger partial charge in [0.15, 0.2) is 0 Å². The summed E-state index contributed by atoms with van der Waals surface area (Å²) in [6.45, 7) is 3.60. The Labute approximate surface area is 124 Å². The monoisotopic (exact) mass is 291 g/mol. The van der Waals surface area contributed by atoms with Crippen LogP contribution in [0, 0.1) is 31.6 Å². The number of ether oxygens (including phenoxy) is 1. The lowest BCUT2D eigenvalue weighted by Crippen LogP contribution is -2.47. The molecule has 1 aromatic heterocycles. The Kier molecular flexibility index (Phi) is 3.51. The molecule has 5 nitrogen and oxygen atoms in total. The van der Waals surface area contributed by atoms with Gasteiger partial charge < -0.3 is 14.5 Å². The Bertz CT molecular complexity index is 577. The molecule has 1 heterocycles. The van der Waals surface area contributed by atoms with Crippen molar-refractivity contribution in [1.82, 2.24) is 5.32 Å². The highest BCUT2D eigenvalue weighted by Gasteiger charge is 2.52. The van der Waals surface area contributed by atoms with Gasteiger partial charge in [-0.3, -0.25) is 9.59 Å². The standard InChI is InChI=1S/C16H21NO4/c1-8-6-12(9(2)21-8)15(18)17-14-11-5-4-10(7-11)13(14)16(19)20-3/h6,10-11,13-14H,4-5,7H2,1-3H3,(H,17,18)/t10-,11-,13-,14+/m0/s1. The van der Waals surface area contributed by atoms with Gasteiger partial charge >= 0.3 is 5.97 Å². The summed E-state index contributed by atoms with van der Waals surface area (Å²) >= 11 is 0. The number of carbonyl (C=O) groups is 2. The molecule has 0 aromatic carbocycles. The number of rotatable bonds is 3. The van der Waals surface area contributed by atoms with Crippen LogP contribution in [-0.4, -0.2) is 25.0 Å². The van der Waals surface area contributed by atoms with Crippen LogP contribution in [-0.2, 0) is 9.53 Å². The quantitative estimate of drug-likeness (QED) is 0.867. The third-order valence-electron chi connectivity index (χ3n) is 4.97. The molecule has 4 atom stereocenters. The molecule has 0 spiro atoms. The maximum atomic E-state index is 12.4. The Morgan fingerprint density at radius 1 is 1.29 bits per heavy atom. The van der Waals surface area contributed by atoms with Crippen LogP contribution >= 0.6 is 0 Å². The topological polar surface area (TPSA) is 68.5 Å². The van der Waals surface area contributed by atoms with Crippen LogP contribution in [0.5, 0.6) is 0 Å². The second kappa shape index (κ2) is 5.20. The van der Waals surface area contributed by atoms with Crippen LogP contribution in [0.3, 0.4) is 0 Å². The van der Waals surface area contributed by atoms with E-state index in [1.54, 1.807) is 13.0 Å². The number of aryl methyl sites for hydroxylation is 2. The van der Waals surface area contributed by atoms with Gasteiger partial charge in [0.05, 0.1) is 18.6 Å². The minimum atomic E-state index is -0.203. The van der Waals surface area contributed by atoms with Gasteiger partial charge in [-0.05, 0) is 51.0 Å². The minimum absolute atomic E-state index is 0.113. The third kappa shape index (κ3) is 2.34. The van der Waals surface area contributed by atoms with E-state index < -0.39 is 0 Å². The molecule has 2 aliphatic carbocycles. The molecule has 0 saturated heterocycles. The Hall–Kier alpha value is -1.78. The van der Waals surface area contributed by atoms with E-state index in [9.17, 15) is 9.59 Å². The molecule has 21 heavy (non-hydrogen) atoms. The van der Waals surface area contributed by atoms with Gasteiger partial charge in [0.25, 0.3) is 5.91 Å². The second-order valence-electron chi connectivity index (χ2n) is 6.21. The summed E-state index contributed by atoms with van der Waals surface area (Å²) in [6.07, 6.45) is 3.14. The van der Waals surface area contributed by atoms with E-state index >= 15 is 0 Å². The van der Waals surface area contributed by atoms with Crippen LogP contribution in [0.4, 0.5) is 0 Å². The summed E-state index contributed by atoms with van der Waals surface area (Å²) in [7, 11) is 1.41. The van der Waals surface area contributed by atoms with Gasteiger partial charge in [-0.2, -0.15) is 0 Å². The summed E-state index contributed by atoms with van der Waals surface area (Å²) in [5.74, 6) is 1.50. The van der Waals surface area contributed by atoms with E-state index in [-0.39, 0.29) is 23.8 Å². The molecule has 2 fully saturated rings. The highest BCUT2D eigenvalue weighted by Crippen LogP contribution is 2.49. The minimum Gasteiger partial charge on any atom is -0.469 e. The molecular weight excluding hydrogens is 270 g/mol. The van der Waals surface area contributed by atoms with Crippen molar-refractivity contribution < 1.29 is 18.7 Å². The van der Waals surface area contributed by atoms with Crippen LogP contribution in [0.2, 0.25) is 0 Å². The van der Waals surface area contributed by atoms with Crippen molar-refractivity contribution in [2.45, 2.75) is 39.2 Å². The van der Waals surface area contributed by atoms with E-state index in [0.29, 0.717) is 23.2 Å². The number of nitrogens with one attached hydrogen (secondary N) is 1. The molecule has 3 rings (SSSR count). The lowest BCUT2D eigenvalue weighted by atomic mass is 9.84. The first-order chi connectivity index (χ1) is 10.0. The normalized spacial score (nSPS) is 30.4. The third-order valence-corrected chi connectivity index (χ3v) is 4.97. The Balaban J connectivity index is 1.78. The fourth-order valence-electron chi connectivity index (χ4n) is 4.06. The molecule has 0 unspecified atom stereocenters. The number of methoxy groups -OCH3 is 1. The van der Waals surface area contributed by atoms with Crippen molar-refractivity contribution in [2.75, 3.05) is 7.11 Å². The second-order valence-corrected chi connectivity index (χ2v) is 6.21. The highest BCUT2D eigenvalue weighted by atomic mass is 16.5. The van der Waals surface area contributed by atoms with Crippen LogP contribution in [0.1, 0.15) is 41.1 Å². The van der Waals surface area contributed by atoms with Crippen molar-refractivity contribution >= 4 is 11.9 Å². The smallest absolute Gasteiger partial charge is 0.311 e. The van der Waals surface area contributed by atoms with E-state index in [0.717, 1.165) is 25.0 Å². The van der Waals surface area contributed by atoms with Gasteiger partial charge in [-0.25, -0.2) is 0 Å². The number of fused-ring (bicyclic) bond motifs is 2. The lowest BCUT2D eigenvalue weighted by Gasteiger charge is -2.29. The van der Waals surface area contributed by atoms with Crippen molar-refractivity contribution in [2.24, 2.45) is 17.8 Å². The van der Waals surface area contributed by atoms with Gasteiger partial charge in [-0.15, -0.1) is 0 Å². The van der Waals surface area contributed by atoms with Crippen molar-refractivity contribution in [3.05, 3.63) is 23.2 Å². The predicted octanol–water partition coefficient (Wildman–Crippen LogP) is 2.21. The van der Waals surface area contributed by atoms with E-state index in [2.05, 4.69) is 5.32 Å². The summed E-state index contributed by atoms with van der Waals surface area (Å²) in [5, 5.41) is 3.05. The SMILES string of the molecule is COC(=O)[C@H]1[C@H]2CC[C@@H](C2)[C@H]1NC(=O)c1cc(C)oc1C. The lowest BCUT2D eigenvalue weighted by molar-refractivity contribution is -0.148. The maximum Gasteiger partial charge on any atom is 0.311 e. The number of carbonyl (C=O) groups excluding carboxylic acids is 2. The number of hydrogen-bond donors (Lipinski definition) is 1.